The second-order valence-corrected chi connectivity index (χ2v) is 4.88. The van der Waals surface area contributed by atoms with Crippen LogP contribution < -0.4 is 5.32 Å². The van der Waals surface area contributed by atoms with E-state index in [2.05, 4.69) is 12.2 Å². The van der Waals surface area contributed by atoms with Gasteiger partial charge < -0.3 is 5.32 Å². The summed E-state index contributed by atoms with van der Waals surface area (Å²) in [6.45, 7) is 5.00. The molecule has 1 aliphatic heterocycles. The van der Waals surface area contributed by atoms with Gasteiger partial charge in [0.15, 0.2) is 0 Å². The third kappa shape index (κ3) is 4.78. The number of hydrogen-bond acceptors (Lipinski definition) is 2. The highest BCUT2D eigenvalue weighted by Gasteiger charge is 2.26. The van der Waals surface area contributed by atoms with Crippen molar-refractivity contribution in [2.24, 2.45) is 5.92 Å². The van der Waals surface area contributed by atoms with Crippen LogP contribution in [-0.2, 0) is 4.79 Å². The van der Waals surface area contributed by atoms with Crippen LogP contribution in [0.1, 0.15) is 58.8 Å². The van der Waals surface area contributed by atoms with Gasteiger partial charge in [-0.3, -0.25) is 4.79 Å². The Kier molecular flexibility index (Phi) is 5.92. The molecule has 0 aromatic rings. The van der Waals surface area contributed by atoms with E-state index in [4.69, 9.17) is 0 Å². The Morgan fingerprint density at radius 1 is 1.27 bits per heavy atom. The number of unbranched alkanes of at least 4 members (excludes halogenated alkanes) is 4. The maximum absolute atomic E-state index is 11.1. The molecular weight excluding hydrogens is 186 g/mol. The Bertz CT molecular complexity index is 191. The highest BCUT2D eigenvalue weighted by atomic mass is 16.1. The van der Waals surface area contributed by atoms with Gasteiger partial charge in [-0.05, 0) is 32.2 Å². The smallest absolute Gasteiger partial charge is 0.146 e. The zero-order valence-corrected chi connectivity index (χ0v) is 10.2. The van der Waals surface area contributed by atoms with Gasteiger partial charge in [0, 0.05) is 0 Å². The van der Waals surface area contributed by atoms with Gasteiger partial charge in [-0.25, -0.2) is 0 Å². The molecule has 1 heterocycles. The van der Waals surface area contributed by atoms with E-state index in [-0.39, 0.29) is 6.04 Å². The van der Waals surface area contributed by atoms with Gasteiger partial charge in [0.2, 0.25) is 0 Å². The van der Waals surface area contributed by atoms with Gasteiger partial charge in [-0.15, -0.1) is 0 Å². The molecule has 2 atom stereocenters. The van der Waals surface area contributed by atoms with E-state index >= 15 is 0 Å². The largest absolute Gasteiger partial charge is 0.307 e. The molecule has 0 amide bonds. The van der Waals surface area contributed by atoms with Crippen LogP contribution in [0.2, 0.25) is 0 Å². The monoisotopic (exact) mass is 211 g/mol. The molecule has 0 saturated carbocycles. The number of rotatable bonds is 7. The number of ketones is 1. The van der Waals surface area contributed by atoms with Crippen LogP contribution >= 0.6 is 0 Å². The first-order valence-corrected chi connectivity index (χ1v) is 6.48. The number of hydrogen-bond donors (Lipinski definition) is 1. The van der Waals surface area contributed by atoms with E-state index in [1.807, 2.05) is 0 Å². The molecule has 0 radical (unpaired) electrons. The van der Waals surface area contributed by atoms with Gasteiger partial charge in [0.1, 0.15) is 5.78 Å². The van der Waals surface area contributed by atoms with Crippen LogP contribution in [0.5, 0.6) is 0 Å². The SMILES string of the molecule is CCCCCCCC1CNC(C(C)=O)C1. The second kappa shape index (κ2) is 7.00. The van der Waals surface area contributed by atoms with Crippen LogP contribution in [0.25, 0.3) is 0 Å². The van der Waals surface area contributed by atoms with Crippen molar-refractivity contribution in [2.75, 3.05) is 6.54 Å². The molecule has 0 aliphatic carbocycles. The van der Waals surface area contributed by atoms with Gasteiger partial charge in [-0.1, -0.05) is 39.0 Å². The first-order valence-electron chi connectivity index (χ1n) is 6.48. The summed E-state index contributed by atoms with van der Waals surface area (Å²) in [5, 5.41) is 3.31. The third-order valence-corrected chi connectivity index (χ3v) is 3.43. The minimum Gasteiger partial charge on any atom is -0.307 e. The molecule has 88 valence electrons. The topological polar surface area (TPSA) is 29.1 Å². The summed E-state index contributed by atoms with van der Waals surface area (Å²) < 4.78 is 0. The molecule has 2 unspecified atom stereocenters. The molecule has 1 N–H and O–H groups in total. The number of nitrogens with one attached hydrogen (secondary N) is 1. The summed E-state index contributed by atoms with van der Waals surface area (Å²) in [5.41, 5.74) is 0. The average molecular weight is 211 g/mol. The lowest BCUT2D eigenvalue weighted by Crippen LogP contribution is -2.28. The fraction of sp³-hybridized carbons (Fsp3) is 0.923. The summed E-state index contributed by atoms with van der Waals surface area (Å²) in [4.78, 5) is 11.1. The van der Waals surface area contributed by atoms with E-state index in [9.17, 15) is 4.79 Å². The zero-order valence-electron chi connectivity index (χ0n) is 10.2. The van der Waals surface area contributed by atoms with Crippen molar-refractivity contribution in [3.8, 4) is 0 Å². The highest BCUT2D eigenvalue weighted by Crippen LogP contribution is 2.21. The molecule has 0 spiro atoms. The number of Topliss-reactive ketones (excluding diaryl/α,β-unsaturated/α-hetero) is 1. The number of carbonyl (C=O) groups excluding carboxylic acids is 1. The Hall–Kier alpha value is -0.370. The van der Waals surface area contributed by atoms with Crippen LogP contribution in [0.15, 0.2) is 0 Å². The summed E-state index contributed by atoms with van der Waals surface area (Å²) in [7, 11) is 0. The van der Waals surface area contributed by atoms with Crippen molar-refractivity contribution >= 4 is 5.78 Å². The maximum atomic E-state index is 11.1. The third-order valence-electron chi connectivity index (χ3n) is 3.43. The predicted octanol–water partition coefficient (Wildman–Crippen LogP) is 2.91. The van der Waals surface area contributed by atoms with E-state index < -0.39 is 0 Å². The first kappa shape index (κ1) is 12.7. The van der Waals surface area contributed by atoms with E-state index in [1.165, 1.54) is 38.5 Å². The summed E-state index contributed by atoms with van der Waals surface area (Å²) in [6, 6.07) is 0.158. The lowest BCUT2D eigenvalue weighted by Gasteiger charge is -2.07. The fourth-order valence-corrected chi connectivity index (χ4v) is 2.38. The summed E-state index contributed by atoms with van der Waals surface area (Å²) in [5.74, 6) is 1.06. The van der Waals surface area contributed by atoms with Gasteiger partial charge in [0.05, 0.1) is 6.04 Å². The Morgan fingerprint density at radius 2 is 2.00 bits per heavy atom. The zero-order chi connectivity index (χ0) is 11.1. The normalized spacial score (nSPS) is 25.7. The lowest BCUT2D eigenvalue weighted by molar-refractivity contribution is -0.118. The lowest BCUT2D eigenvalue weighted by atomic mass is 9.97. The molecule has 1 saturated heterocycles. The van der Waals surface area contributed by atoms with Crippen molar-refractivity contribution in [1.82, 2.24) is 5.32 Å². The van der Waals surface area contributed by atoms with Crippen molar-refractivity contribution < 1.29 is 4.79 Å². The van der Waals surface area contributed by atoms with Crippen molar-refractivity contribution in [3.63, 3.8) is 0 Å². The van der Waals surface area contributed by atoms with E-state index in [0.29, 0.717) is 5.78 Å². The van der Waals surface area contributed by atoms with E-state index in [0.717, 1.165) is 18.9 Å². The van der Waals surface area contributed by atoms with Gasteiger partial charge >= 0.3 is 0 Å². The van der Waals surface area contributed by atoms with E-state index in [1.54, 1.807) is 6.92 Å². The Morgan fingerprint density at radius 3 is 2.60 bits per heavy atom. The van der Waals surface area contributed by atoms with Crippen molar-refractivity contribution in [3.05, 3.63) is 0 Å². The minimum absolute atomic E-state index is 0.158. The van der Waals surface area contributed by atoms with Crippen molar-refractivity contribution in [2.45, 2.75) is 64.8 Å². The second-order valence-electron chi connectivity index (χ2n) is 4.88. The summed E-state index contributed by atoms with van der Waals surface area (Å²) >= 11 is 0. The number of carbonyl (C=O) groups is 1. The highest BCUT2D eigenvalue weighted by molar-refractivity contribution is 5.81. The molecule has 0 aromatic carbocycles. The Balaban J connectivity index is 2.01. The van der Waals surface area contributed by atoms with Gasteiger partial charge in [-0.2, -0.15) is 0 Å². The van der Waals surface area contributed by atoms with Gasteiger partial charge in [0.25, 0.3) is 0 Å². The molecule has 2 heteroatoms. The fourth-order valence-electron chi connectivity index (χ4n) is 2.38. The van der Waals surface area contributed by atoms with Crippen LogP contribution in [0.4, 0.5) is 0 Å². The van der Waals surface area contributed by atoms with Crippen LogP contribution in [0.3, 0.4) is 0 Å². The first-order chi connectivity index (χ1) is 7.24. The minimum atomic E-state index is 0.158. The van der Waals surface area contributed by atoms with Crippen LogP contribution in [0, 0.1) is 5.92 Å². The van der Waals surface area contributed by atoms with Crippen LogP contribution in [-0.4, -0.2) is 18.4 Å². The molecular formula is C13H25NO. The molecule has 15 heavy (non-hydrogen) atoms. The van der Waals surface area contributed by atoms with Crippen molar-refractivity contribution in [1.29, 1.82) is 0 Å². The predicted molar refractivity (Wildman–Crippen MR) is 64.0 cm³/mol. The molecule has 0 aromatic heterocycles. The maximum Gasteiger partial charge on any atom is 0.146 e. The molecule has 1 rings (SSSR count). The molecule has 1 aliphatic rings. The Labute approximate surface area is 93.8 Å². The molecule has 0 bridgehead atoms. The standard InChI is InChI=1S/C13H25NO/c1-3-4-5-6-7-8-12-9-13(11(2)15)14-10-12/h12-14H,3-10H2,1-2H3. The average Bonchev–Trinajstić information content (AvgIpc) is 2.66. The molecule has 2 nitrogen and oxygen atoms in total. The summed E-state index contributed by atoms with van der Waals surface area (Å²) in [6.07, 6.45) is 9.17. The quantitative estimate of drug-likeness (QED) is 0.656. The molecule has 1 fully saturated rings.